The molecule has 0 unspecified atom stereocenters. The first-order valence-electron chi connectivity index (χ1n) is 4.60. The third kappa shape index (κ3) is 2.45. The zero-order valence-corrected chi connectivity index (χ0v) is 8.61. The van der Waals surface area contributed by atoms with Crippen molar-refractivity contribution in [2.75, 3.05) is 0 Å². The molecule has 1 heteroatoms. The van der Waals surface area contributed by atoms with E-state index in [0.29, 0.717) is 0 Å². The Bertz CT molecular complexity index is 107. The van der Waals surface area contributed by atoms with Crippen molar-refractivity contribution in [1.29, 1.82) is 0 Å². The predicted octanol–water partition coefficient (Wildman–Crippen LogP) is 3.51. The maximum absolute atomic E-state index is 2.55. The van der Waals surface area contributed by atoms with E-state index in [1.54, 1.807) is 12.1 Å². The number of hydrogen-bond acceptors (Lipinski definition) is 0. The van der Waals surface area contributed by atoms with Gasteiger partial charge in [0.05, 0.1) is 0 Å². The molecule has 0 N–H and O–H groups in total. The van der Waals surface area contributed by atoms with Crippen molar-refractivity contribution in [2.45, 2.75) is 51.4 Å². The minimum absolute atomic E-state index is 0.683. The topological polar surface area (TPSA) is 0 Å². The molecule has 10 heavy (non-hydrogen) atoms. The molecular formula is C9H20Si. The SMILES string of the molecule is C[C@H]1CCC[Si](C)(C)CC1. The van der Waals surface area contributed by atoms with Crippen LogP contribution in [-0.2, 0) is 0 Å². The summed E-state index contributed by atoms with van der Waals surface area (Å²) in [4.78, 5) is 0. The monoisotopic (exact) mass is 156 g/mol. The maximum Gasteiger partial charge on any atom is 0.0473 e. The van der Waals surface area contributed by atoms with Crippen LogP contribution in [0.2, 0.25) is 25.2 Å². The predicted molar refractivity (Wildman–Crippen MR) is 50.1 cm³/mol. The Morgan fingerprint density at radius 2 is 1.80 bits per heavy atom. The van der Waals surface area contributed by atoms with E-state index < -0.39 is 8.07 Å². The van der Waals surface area contributed by atoms with Gasteiger partial charge in [-0.1, -0.05) is 51.4 Å². The quantitative estimate of drug-likeness (QED) is 0.471. The molecule has 0 aromatic carbocycles. The fraction of sp³-hybridized carbons (Fsp3) is 1.00. The van der Waals surface area contributed by atoms with Crippen LogP contribution in [0.3, 0.4) is 0 Å². The maximum atomic E-state index is 2.55. The van der Waals surface area contributed by atoms with Gasteiger partial charge in [-0.05, 0) is 5.92 Å². The molecule has 60 valence electrons. The highest BCUT2D eigenvalue weighted by molar-refractivity contribution is 6.77. The molecule has 1 aliphatic heterocycles. The van der Waals surface area contributed by atoms with Crippen molar-refractivity contribution in [3.63, 3.8) is 0 Å². The lowest BCUT2D eigenvalue weighted by Gasteiger charge is -2.18. The average Bonchev–Trinajstić information content (AvgIpc) is 1.94. The lowest BCUT2D eigenvalue weighted by Crippen LogP contribution is -2.23. The van der Waals surface area contributed by atoms with Crippen molar-refractivity contribution in [2.24, 2.45) is 5.92 Å². The average molecular weight is 156 g/mol. The summed E-state index contributed by atoms with van der Waals surface area (Å²) in [5.74, 6) is 1.02. The van der Waals surface area contributed by atoms with Crippen LogP contribution < -0.4 is 0 Å². The van der Waals surface area contributed by atoms with Gasteiger partial charge >= 0.3 is 0 Å². The molecule has 1 saturated heterocycles. The van der Waals surface area contributed by atoms with Crippen molar-refractivity contribution in [3.8, 4) is 0 Å². The Balaban J connectivity index is 2.41. The van der Waals surface area contributed by atoms with E-state index in [0.717, 1.165) is 5.92 Å². The smallest absolute Gasteiger partial charge is 0.0473 e. The van der Waals surface area contributed by atoms with Crippen LogP contribution in [0.1, 0.15) is 26.2 Å². The first kappa shape index (κ1) is 8.31. The zero-order chi connectivity index (χ0) is 7.61. The van der Waals surface area contributed by atoms with Gasteiger partial charge in [0.2, 0.25) is 0 Å². The zero-order valence-electron chi connectivity index (χ0n) is 7.61. The van der Waals surface area contributed by atoms with Crippen LogP contribution in [0.15, 0.2) is 0 Å². The number of hydrogen-bond donors (Lipinski definition) is 0. The minimum atomic E-state index is -0.683. The molecule has 0 nitrogen and oxygen atoms in total. The van der Waals surface area contributed by atoms with Crippen molar-refractivity contribution in [1.82, 2.24) is 0 Å². The summed E-state index contributed by atoms with van der Waals surface area (Å²) in [6, 6.07) is 3.16. The standard InChI is InChI=1S/C9H20Si/c1-9-5-4-7-10(2,3)8-6-9/h9H,4-8H2,1-3H3/t9-/m0/s1. The second kappa shape index (κ2) is 3.08. The normalized spacial score (nSPS) is 33.3. The first-order valence-corrected chi connectivity index (χ1v) is 8.02. The van der Waals surface area contributed by atoms with Crippen LogP contribution in [-0.4, -0.2) is 8.07 Å². The molecule has 1 heterocycles. The third-order valence-corrected chi connectivity index (χ3v) is 6.21. The Hall–Kier alpha value is 0.217. The molecular weight excluding hydrogens is 136 g/mol. The van der Waals surface area contributed by atoms with E-state index in [-0.39, 0.29) is 0 Å². The van der Waals surface area contributed by atoms with Gasteiger partial charge in [0.1, 0.15) is 0 Å². The number of rotatable bonds is 0. The van der Waals surface area contributed by atoms with Gasteiger partial charge < -0.3 is 0 Å². The first-order chi connectivity index (χ1) is 4.60. The van der Waals surface area contributed by atoms with E-state index in [1.165, 1.54) is 19.3 Å². The molecule has 1 atom stereocenters. The van der Waals surface area contributed by atoms with Crippen LogP contribution in [0.25, 0.3) is 0 Å². The highest BCUT2D eigenvalue weighted by Crippen LogP contribution is 2.29. The molecule has 1 rings (SSSR count). The minimum Gasteiger partial charge on any atom is -0.0693 e. The van der Waals surface area contributed by atoms with Gasteiger partial charge in [-0.3, -0.25) is 0 Å². The van der Waals surface area contributed by atoms with E-state index in [2.05, 4.69) is 20.0 Å². The summed E-state index contributed by atoms with van der Waals surface area (Å²) in [6.45, 7) is 7.51. The van der Waals surface area contributed by atoms with Crippen LogP contribution in [0.5, 0.6) is 0 Å². The fourth-order valence-corrected chi connectivity index (χ4v) is 4.52. The summed E-state index contributed by atoms with van der Waals surface area (Å²) in [7, 11) is -0.683. The van der Waals surface area contributed by atoms with E-state index >= 15 is 0 Å². The van der Waals surface area contributed by atoms with Gasteiger partial charge in [0, 0.05) is 8.07 Å². The van der Waals surface area contributed by atoms with Gasteiger partial charge in [0.15, 0.2) is 0 Å². The molecule has 0 bridgehead atoms. The van der Waals surface area contributed by atoms with Crippen LogP contribution >= 0.6 is 0 Å². The summed E-state index contributed by atoms with van der Waals surface area (Å²) in [5.41, 5.74) is 0. The summed E-state index contributed by atoms with van der Waals surface area (Å²) in [6.07, 6.45) is 4.52. The molecule has 1 fully saturated rings. The fourth-order valence-electron chi connectivity index (χ4n) is 1.84. The van der Waals surface area contributed by atoms with E-state index in [4.69, 9.17) is 0 Å². The van der Waals surface area contributed by atoms with Crippen LogP contribution in [0, 0.1) is 5.92 Å². The summed E-state index contributed by atoms with van der Waals surface area (Å²) >= 11 is 0. The molecule has 0 aromatic rings. The van der Waals surface area contributed by atoms with E-state index in [9.17, 15) is 0 Å². The van der Waals surface area contributed by atoms with Crippen molar-refractivity contribution in [3.05, 3.63) is 0 Å². The van der Waals surface area contributed by atoms with Gasteiger partial charge in [-0.2, -0.15) is 0 Å². The van der Waals surface area contributed by atoms with Crippen molar-refractivity contribution >= 4 is 8.07 Å². The molecule has 0 aliphatic carbocycles. The van der Waals surface area contributed by atoms with E-state index in [1.807, 2.05) is 0 Å². The molecule has 0 radical (unpaired) electrons. The molecule has 0 amide bonds. The lowest BCUT2D eigenvalue weighted by molar-refractivity contribution is 0.520. The van der Waals surface area contributed by atoms with Gasteiger partial charge in [-0.15, -0.1) is 0 Å². The second-order valence-corrected chi connectivity index (χ2v) is 10.0. The Labute approximate surface area is 66.0 Å². The van der Waals surface area contributed by atoms with Crippen molar-refractivity contribution < 1.29 is 0 Å². The molecule has 1 aliphatic rings. The second-order valence-electron chi connectivity index (χ2n) is 4.70. The Morgan fingerprint density at radius 1 is 1.10 bits per heavy atom. The highest BCUT2D eigenvalue weighted by atomic mass is 28.3. The lowest BCUT2D eigenvalue weighted by atomic mass is 10.0. The summed E-state index contributed by atoms with van der Waals surface area (Å²) in [5, 5.41) is 0. The van der Waals surface area contributed by atoms with Gasteiger partial charge in [-0.25, -0.2) is 0 Å². The Kier molecular flexibility index (Phi) is 2.56. The molecule has 0 saturated carbocycles. The van der Waals surface area contributed by atoms with Crippen LogP contribution in [0.4, 0.5) is 0 Å². The third-order valence-electron chi connectivity index (χ3n) is 2.86. The van der Waals surface area contributed by atoms with Gasteiger partial charge in [0.25, 0.3) is 0 Å². The Morgan fingerprint density at radius 3 is 2.50 bits per heavy atom. The highest BCUT2D eigenvalue weighted by Gasteiger charge is 2.23. The molecule has 0 aromatic heterocycles. The summed E-state index contributed by atoms with van der Waals surface area (Å²) < 4.78 is 0. The largest absolute Gasteiger partial charge is 0.0693 e. The molecule has 0 spiro atoms.